The molecule has 528 valence electrons. The summed E-state index contributed by atoms with van der Waals surface area (Å²) in [5, 5.41) is 15.7. The van der Waals surface area contributed by atoms with Crippen molar-refractivity contribution >= 4 is 71.3 Å². The third kappa shape index (κ3) is 28.5. The van der Waals surface area contributed by atoms with Crippen LogP contribution in [0.2, 0.25) is 0 Å². The Balaban J connectivity index is 3.23. The molecule has 6 amide bonds. The standard InChI is InChI=1S/C68H112N6O19/c1-25-41(17)54(91-65(84)51(38(11)12)69-56(75)43(19)87-33-46-30-28-27-29-31-46)60(79)73-49(36(7)8)63(82)89-45(21)58(77)71-52(39(13)14)66(85)92-55(42(18)26-2)61(80)74-48(35(5)6)62(81)88-44(20)57(76)70-50(37(9)10)64(83)90-47(32-34(3)4)59(78)72-53(40(15)16)67(86)93-68(22,23)24/h27-31,34-45,47-55H,25-26,32-33H2,1-24H3,(H,69,75)(H,70,76)(H,71,77)(H,72,78)(H,73,79)(H,74,80)/t41-,42-,43-,44-,45-,47+,48+,49+,50-,51-,52-,53+,54+,55+/m0/s1. The number of amides is 6. The fraction of sp³-hybridized carbons (Fsp3) is 0.735. The molecule has 0 aliphatic heterocycles. The largest absolute Gasteiger partial charge is 0.458 e. The van der Waals surface area contributed by atoms with E-state index in [0.717, 1.165) is 5.56 Å². The van der Waals surface area contributed by atoms with Crippen LogP contribution in [0.3, 0.4) is 0 Å². The van der Waals surface area contributed by atoms with Gasteiger partial charge in [0.15, 0.2) is 30.5 Å². The average Bonchev–Trinajstić information content (AvgIpc) is 0.949. The van der Waals surface area contributed by atoms with Crippen LogP contribution in [0, 0.1) is 53.3 Å². The van der Waals surface area contributed by atoms with Crippen LogP contribution in [0.4, 0.5) is 0 Å². The van der Waals surface area contributed by atoms with Gasteiger partial charge in [0.2, 0.25) is 5.91 Å². The van der Waals surface area contributed by atoms with E-state index < -0.39 is 191 Å². The number of esters is 6. The van der Waals surface area contributed by atoms with Crippen molar-refractivity contribution in [3.8, 4) is 0 Å². The fourth-order valence-corrected chi connectivity index (χ4v) is 8.89. The summed E-state index contributed by atoms with van der Waals surface area (Å²) in [6, 6.07) is 1.48. The van der Waals surface area contributed by atoms with Crippen LogP contribution in [-0.4, -0.2) is 150 Å². The van der Waals surface area contributed by atoms with Crippen molar-refractivity contribution in [3.05, 3.63) is 35.9 Å². The zero-order valence-electron chi connectivity index (χ0n) is 59.6. The highest BCUT2D eigenvalue weighted by molar-refractivity contribution is 5.95. The van der Waals surface area contributed by atoms with Crippen molar-refractivity contribution in [1.82, 2.24) is 31.9 Å². The Morgan fingerprint density at radius 2 is 0.656 bits per heavy atom. The molecule has 0 radical (unpaired) electrons. The van der Waals surface area contributed by atoms with Crippen molar-refractivity contribution in [2.24, 2.45) is 53.3 Å². The second kappa shape index (κ2) is 39.5. The van der Waals surface area contributed by atoms with E-state index in [4.69, 9.17) is 33.2 Å². The molecule has 25 nitrogen and oxygen atoms in total. The average molecular weight is 1320 g/mol. The second-order valence-electron chi connectivity index (χ2n) is 27.6. The Kier molecular flexibility index (Phi) is 35.6. The molecule has 0 spiro atoms. The van der Waals surface area contributed by atoms with Gasteiger partial charge in [0.25, 0.3) is 29.5 Å². The molecule has 0 saturated heterocycles. The Bertz CT molecular complexity index is 2640. The molecule has 1 aromatic rings. The van der Waals surface area contributed by atoms with E-state index in [9.17, 15) is 57.5 Å². The van der Waals surface area contributed by atoms with Gasteiger partial charge in [-0.1, -0.05) is 155 Å². The van der Waals surface area contributed by atoms with Crippen LogP contribution < -0.4 is 31.9 Å². The van der Waals surface area contributed by atoms with Crippen molar-refractivity contribution in [1.29, 1.82) is 0 Å². The van der Waals surface area contributed by atoms with Gasteiger partial charge in [-0.3, -0.25) is 28.8 Å². The van der Waals surface area contributed by atoms with E-state index >= 15 is 0 Å². The van der Waals surface area contributed by atoms with Crippen LogP contribution in [0.25, 0.3) is 0 Å². The number of nitrogens with one attached hydrogen (secondary N) is 6. The van der Waals surface area contributed by atoms with Gasteiger partial charge >= 0.3 is 35.8 Å². The Hall–Kier alpha value is -7.18. The third-order valence-electron chi connectivity index (χ3n) is 15.3. The Morgan fingerprint density at radius 3 is 0.968 bits per heavy atom. The van der Waals surface area contributed by atoms with E-state index in [1.54, 1.807) is 138 Å². The van der Waals surface area contributed by atoms with E-state index in [-0.39, 0.29) is 24.9 Å². The van der Waals surface area contributed by atoms with Gasteiger partial charge in [0, 0.05) is 11.8 Å². The number of rotatable bonds is 38. The Morgan fingerprint density at radius 1 is 0.366 bits per heavy atom. The number of carbonyl (C=O) groups is 12. The maximum absolute atomic E-state index is 14.2. The summed E-state index contributed by atoms with van der Waals surface area (Å²) in [4.78, 5) is 165. The predicted molar refractivity (Wildman–Crippen MR) is 346 cm³/mol. The molecule has 6 N–H and O–H groups in total. The lowest BCUT2D eigenvalue weighted by atomic mass is 9.98. The number of ether oxygens (including phenoxy) is 7. The normalized spacial score (nSPS) is 16.3. The minimum atomic E-state index is -1.56. The van der Waals surface area contributed by atoms with Gasteiger partial charge in [0.05, 0.1) is 6.61 Å². The van der Waals surface area contributed by atoms with E-state index in [1.807, 2.05) is 44.2 Å². The lowest BCUT2D eigenvalue weighted by Crippen LogP contribution is -2.56. The van der Waals surface area contributed by atoms with Crippen molar-refractivity contribution < 1.29 is 90.7 Å². The molecule has 0 saturated carbocycles. The molecule has 0 heterocycles. The summed E-state index contributed by atoms with van der Waals surface area (Å²) in [6.07, 6.45) is -7.60. The molecule has 1 aromatic carbocycles. The number of hydrogen-bond donors (Lipinski definition) is 6. The Labute approximate surface area is 551 Å². The first-order valence-corrected chi connectivity index (χ1v) is 32.7. The van der Waals surface area contributed by atoms with Crippen LogP contribution in [0.15, 0.2) is 30.3 Å². The first-order valence-electron chi connectivity index (χ1n) is 32.7. The van der Waals surface area contributed by atoms with Crippen molar-refractivity contribution in [3.63, 3.8) is 0 Å². The number of carbonyl (C=O) groups excluding carboxylic acids is 12. The number of benzene rings is 1. The molecular formula is C68H112N6O19. The molecule has 93 heavy (non-hydrogen) atoms. The third-order valence-corrected chi connectivity index (χ3v) is 15.3. The monoisotopic (exact) mass is 1320 g/mol. The van der Waals surface area contributed by atoms with Gasteiger partial charge in [-0.2, -0.15) is 0 Å². The maximum atomic E-state index is 14.2. The molecule has 14 atom stereocenters. The first kappa shape index (κ1) is 83.8. The smallest absolute Gasteiger partial charge is 0.329 e. The summed E-state index contributed by atoms with van der Waals surface area (Å²) in [5.41, 5.74) is 0.00945. The highest BCUT2D eigenvalue weighted by Gasteiger charge is 2.42. The summed E-state index contributed by atoms with van der Waals surface area (Å²) < 4.78 is 39.7. The van der Waals surface area contributed by atoms with Crippen LogP contribution in [-0.2, 0) is 97.3 Å². The first-order chi connectivity index (χ1) is 43.0. The second-order valence-corrected chi connectivity index (χ2v) is 27.6. The van der Waals surface area contributed by atoms with Gasteiger partial charge in [-0.15, -0.1) is 0 Å². The molecular weight excluding hydrogens is 1200 g/mol. The zero-order valence-corrected chi connectivity index (χ0v) is 59.6. The summed E-state index contributed by atoms with van der Waals surface area (Å²) in [6.45, 7) is 39.5. The van der Waals surface area contributed by atoms with Crippen molar-refractivity contribution in [2.45, 2.75) is 271 Å². The quantitative estimate of drug-likeness (QED) is 0.0303. The summed E-state index contributed by atoms with van der Waals surface area (Å²) in [7, 11) is 0. The number of hydrogen-bond acceptors (Lipinski definition) is 19. The summed E-state index contributed by atoms with van der Waals surface area (Å²) in [5.74, 6) is -15.3. The predicted octanol–water partition coefficient (Wildman–Crippen LogP) is 6.52. The lowest BCUT2D eigenvalue weighted by molar-refractivity contribution is -0.167. The van der Waals surface area contributed by atoms with E-state index in [2.05, 4.69) is 31.9 Å². The SMILES string of the molecule is CC[C@H](C)[C@@H](OC(=O)[C@@H](NC(=O)[C@H](C)OCc1ccccc1)C(C)C)C(=O)N[C@@H](C(=O)O[C@@H](C)C(=O)N[C@H](C(=O)O[C@@H](C(=O)N[C@@H](C(=O)O[C@@H](C)C(=O)N[C@H](C(=O)O[C@H](CC(C)C)C(=O)N[C@@H](C(=O)OC(C)(C)C)C(C)C)C(C)C)C(C)C)[C@@H](C)CC)C(C)C)C(C)C. The minimum absolute atomic E-state index is 0.0740. The highest BCUT2D eigenvalue weighted by atomic mass is 16.6. The molecule has 0 aliphatic rings. The van der Waals surface area contributed by atoms with Crippen LogP contribution in [0.1, 0.15) is 191 Å². The molecule has 0 bridgehead atoms. The lowest BCUT2D eigenvalue weighted by Gasteiger charge is -2.30. The van der Waals surface area contributed by atoms with Gasteiger partial charge < -0.3 is 65.1 Å². The van der Waals surface area contributed by atoms with Gasteiger partial charge in [-0.05, 0) is 108 Å². The van der Waals surface area contributed by atoms with E-state index in [1.165, 1.54) is 13.8 Å². The molecule has 1 rings (SSSR count). The summed E-state index contributed by atoms with van der Waals surface area (Å²) >= 11 is 0. The van der Waals surface area contributed by atoms with E-state index in [0.29, 0.717) is 12.8 Å². The minimum Gasteiger partial charge on any atom is -0.458 e. The molecule has 25 heteroatoms. The zero-order chi connectivity index (χ0) is 71.7. The fourth-order valence-electron chi connectivity index (χ4n) is 8.89. The molecule has 0 aliphatic carbocycles. The van der Waals surface area contributed by atoms with Crippen molar-refractivity contribution in [2.75, 3.05) is 0 Å². The molecule has 0 fully saturated rings. The van der Waals surface area contributed by atoms with Crippen LogP contribution in [0.5, 0.6) is 0 Å². The van der Waals surface area contributed by atoms with Gasteiger partial charge in [-0.25, -0.2) is 28.8 Å². The highest BCUT2D eigenvalue weighted by Crippen LogP contribution is 2.22. The molecule has 0 aromatic heterocycles. The van der Waals surface area contributed by atoms with Gasteiger partial charge in [0.1, 0.15) is 48.0 Å². The van der Waals surface area contributed by atoms with Crippen LogP contribution >= 0.6 is 0 Å². The molecule has 0 unspecified atom stereocenters. The maximum Gasteiger partial charge on any atom is 0.329 e. The topological polar surface area (TPSA) is 342 Å².